The number of anilines is 1. The van der Waals surface area contributed by atoms with Crippen molar-refractivity contribution in [3.05, 3.63) is 52.4 Å². The number of benzene rings is 1. The second kappa shape index (κ2) is 9.21. The van der Waals surface area contributed by atoms with E-state index in [2.05, 4.69) is 9.71 Å². The first-order valence-electron chi connectivity index (χ1n) is 10.1. The van der Waals surface area contributed by atoms with Gasteiger partial charge < -0.3 is 9.47 Å². The quantitative estimate of drug-likeness (QED) is 0.543. The number of aromatic nitrogens is 2. The molecular formula is C21H22ClFN4O3S2. The number of hydrogen-bond donors (Lipinski definition) is 1. The molecule has 0 unspecified atom stereocenters. The van der Waals surface area contributed by atoms with Gasteiger partial charge in [-0.1, -0.05) is 11.6 Å². The number of likely N-dealkylation sites (tertiary alicyclic amines) is 1. The summed E-state index contributed by atoms with van der Waals surface area (Å²) in [6.07, 6.45) is 4.44. The third-order valence-electron chi connectivity index (χ3n) is 5.21. The van der Waals surface area contributed by atoms with Gasteiger partial charge in [0.15, 0.2) is 0 Å². The Morgan fingerprint density at radius 3 is 2.69 bits per heavy atom. The summed E-state index contributed by atoms with van der Waals surface area (Å²) in [4.78, 5) is 19.0. The van der Waals surface area contributed by atoms with Crippen LogP contribution in [0.5, 0.6) is 0 Å². The fraction of sp³-hybridized carbons (Fsp3) is 0.333. The molecule has 0 radical (unpaired) electrons. The Morgan fingerprint density at radius 2 is 2.00 bits per heavy atom. The largest absolute Gasteiger partial charge is 0.341 e. The van der Waals surface area contributed by atoms with Gasteiger partial charge in [-0.15, -0.1) is 11.3 Å². The minimum atomic E-state index is -4.09. The van der Waals surface area contributed by atoms with Crippen molar-refractivity contribution < 1.29 is 17.6 Å². The van der Waals surface area contributed by atoms with Crippen molar-refractivity contribution in [3.63, 3.8) is 0 Å². The fourth-order valence-electron chi connectivity index (χ4n) is 3.58. The van der Waals surface area contributed by atoms with E-state index in [1.165, 1.54) is 29.7 Å². The molecule has 0 atom stereocenters. The summed E-state index contributed by atoms with van der Waals surface area (Å²) >= 11 is 7.39. The molecule has 0 spiro atoms. The lowest BCUT2D eigenvalue weighted by molar-refractivity contribution is -0.132. The van der Waals surface area contributed by atoms with E-state index in [9.17, 15) is 17.6 Å². The van der Waals surface area contributed by atoms with Crippen LogP contribution in [0, 0.1) is 12.7 Å². The summed E-state index contributed by atoms with van der Waals surface area (Å²) < 4.78 is 43.6. The molecule has 0 bridgehead atoms. The highest BCUT2D eigenvalue weighted by Crippen LogP contribution is 2.30. The van der Waals surface area contributed by atoms with E-state index in [1.807, 2.05) is 12.3 Å². The Hall–Kier alpha value is -2.43. The molecule has 170 valence electrons. The van der Waals surface area contributed by atoms with Gasteiger partial charge in [-0.2, -0.15) is 0 Å². The van der Waals surface area contributed by atoms with E-state index in [0.29, 0.717) is 23.8 Å². The maximum absolute atomic E-state index is 13.6. The fourth-order valence-corrected chi connectivity index (χ4v) is 5.74. The summed E-state index contributed by atoms with van der Waals surface area (Å²) in [7, 11) is -4.09. The van der Waals surface area contributed by atoms with E-state index in [-0.39, 0.29) is 28.1 Å². The summed E-state index contributed by atoms with van der Waals surface area (Å²) in [5.74, 6) is -0.685. The maximum atomic E-state index is 13.6. The first kappa shape index (κ1) is 22.8. The van der Waals surface area contributed by atoms with Crippen LogP contribution < -0.4 is 4.72 Å². The van der Waals surface area contributed by atoms with Gasteiger partial charge in [0, 0.05) is 30.4 Å². The number of carbonyl (C=O) groups excluding carboxylic acids is 1. The second-order valence-corrected chi connectivity index (χ2v) is 10.6. The number of nitrogens with zero attached hydrogens (tertiary/aromatic N) is 3. The van der Waals surface area contributed by atoms with Crippen LogP contribution in [-0.2, 0) is 21.4 Å². The molecule has 0 saturated carbocycles. The smallest absolute Gasteiger partial charge is 0.263 e. The van der Waals surface area contributed by atoms with E-state index in [4.69, 9.17) is 11.6 Å². The molecule has 7 nitrogen and oxygen atoms in total. The van der Waals surface area contributed by atoms with Crippen molar-refractivity contribution in [1.82, 2.24) is 14.5 Å². The topological polar surface area (TPSA) is 84.3 Å². The summed E-state index contributed by atoms with van der Waals surface area (Å²) in [6.45, 7) is 3.26. The van der Waals surface area contributed by atoms with Gasteiger partial charge in [-0.25, -0.2) is 17.8 Å². The summed E-state index contributed by atoms with van der Waals surface area (Å²) in [5, 5.41) is 2.54. The molecule has 11 heteroatoms. The number of amides is 1. The van der Waals surface area contributed by atoms with E-state index in [0.717, 1.165) is 37.1 Å². The number of sulfonamides is 1. The van der Waals surface area contributed by atoms with Crippen LogP contribution in [0.15, 0.2) is 40.7 Å². The van der Waals surface area contributed by atoms with Crippen molar-refractivity contribution in [2.75, 3.05) is 17.8 Å². The molecule has 32 heavy (non-hydrogen) atoms. The summed E-state index contributed by atoms with van der Waals surface area (Å²) in [5.41, 5.74) is 1.27. The van der Waals surface area contributed by atoms with Crippen molar-refractivity contribution in [2.24, 2.45) is 0 Å². The Balaban J connectivity index is 1.68. The molecule has 3 aromatic rings. The van der Waals surface area contributed by atoms with Crippen LogP contribution in [0.25, 0.3) is 10.7 Å². The third-order valence-corrected chi connectivity index (χ3v) is 7.85. The number of aryl methyl sites for hydroxylation is 1. The van der Waals surface area contributed by atoms with Crippen LogP contribution in [0.2, 0.25) is 5.02 Å². The zero-order chi connectivity index (χ0) is 22.9. The number of carbonyl (C=O) groups is 1. The molecule has 1 saturated heterocycles. The minimum absolute atomic E-state index is 0.00417. The Labute approximate surface area is 194 Å². The minimum Gasteiger partial charge on any atom is -0.341 e. The molecule has 3 heterocycles. The maximum Gasteiger partial charge on any atom is 0.263 e. The van der Waals surface area contributed by atoms with E-state index >= 15 is 0 Å². The first-order valence-corrected chi connectivity index (χ1v) is 12.9. The van der Waals surface area contributed by atoms with Crippen LogP contribution in [0.1, 0.15) is 25.0 Å². The van der Waals surface area contributed by atoms with E-state index < -0.39 is 15.8 Å². The van der Waals surface area contributed by atoms with E-state index in [1.54, 1.807) is 9.47 Å². The monoisotopic (exact) mass is 496 g/mol. The Kier molecular flexibility index (Phi) is 6.55. The van der Waals surface area contributed by atoms with Crippen molar-refractivity contribution in [2.45, 2.75) is 37.6 Å². The average Bonchev–Trinajstić information content (AvgIpc) is 3.38. The number of rotatable bonds is 6. The van der Waals surface area contributed by atoms with Gasteiger partial charge >= 0.3 is 0 Å². The normalized spacial score (nSPS) is 14.5. The highest BCUT2D eigenvalue weighted by Gasteiger charge is 2.24. The SMILES string of the molecule is Cc1csc(-c2cc(S(=O)(=O)Nc3cc(F)ccc3Cl)cn2CC(=O)N2CCCCC2)n1. The standard InChI is InChI=1S/C21H22ClFN4O3S2/c1-14-13-31-21(24-14)19-10-16(11-27(19)12-20(28)26-7-3-2-4-8-26)32(29,30)25-18-9-15(23)5-6-17(18)22/h5-6,9-11,13,25H,2-4,7-8,12H2,1H3. The number of thiazole rings is 1. The predicted octanol–water partition coefficient (Wildman–Crippen LogP) is 4.53. The molecular weight excluding hydrogens is 475 g/mol. The Bertz CT molecular complexity index is 1250. The van der Waals surface area contributed by atoms with Gasteiger partial charge in [0.25, 0.3) is 10.0 Å². The highest BCUT2D eigenvalue weighted by atomic mass is 35.5. The number of nitrogens with one attached hydrogen (secondary N) is 1. The molecule has 4 rings (SSSR count). The molecule has 1 fully saturated rings. The van der Waals surface area contributed by atoms with Crippen molar-refractivity contribution in [1.29, 1.82) is 0 Å². The average molecular weight is 497 g/mol. The van der Waals surface area contributed by atoms with Gasteiger partial charge in [-0.3, -0.25) is 9.52 Å². The number of piperidine rings is 1. The van der Waals surface area contributed by atoms with Crippen molar-refractivity contribution in [3.8, 4) is 10.7 Å². The van der Waals surface area contributed by atoms with Gasteiger partial charge in [0.05, 0.1) is 16.4 Å². The molecule has 1 aliphatic heterocycles. The highest BCUT2D eigenvalue weighted by molar-refractivity contribution is 7.92. The van der Waals surface area contributed by atoms with Crippen LogP contribution in [0.4, 0.5) is 10.1 Å². The van der Waals surface area contributed by atoms with Crippen molar-refractivity contribution >= 4 is 44.6 Å². The molecule has 1 aliphatic rings. The van der Waals surface area contributed by atoms with Gasteiger partial charge in [0.1, 0.15) is 22.3 Å². The molecule has 1 aromatic carbocycles. The number of halogens is 2. The lowest BCUT2D eigenvalue weighted by atomic mass is 10.1. The molecule has 1 amide bonds. The molecule has 2 aromatic heterocycles. The van der Waals surface area contributed by atoms with Crippen LogP contribution >= 0.6 is 22.9 Å². The zero-order valence-electron chi connectivity index (χ0n) is 17.3. The lowest BCUT2D eigenvalue weighted by Crippen LogP contribution is -2.37. The summed E-state index contributed by atoms with van der Waals surface area (Å²) in [6, 6.07) is 4.91. The first-order chi connectivity index (χ1) is 15.2. The molecule has 0 aliphatic carbocycles. The number of hydrogen-bond acceptors (Lipinski definition) is 5. The zero-order valence-corrected chi connectivity index (χ0v) is 19.7. The predicted molar refractivity (Wildman–Crippen MR) is 123 cm³/mol. The van der Waals surface area contributed by atoms with Crippen LogP contribution in [0.3, 0.4) is 0 Å². The lowest BCUT2D eigenvalue weighted by Gasteiger charge is -2.27. The molecule has 1 N–H and O–H groups in total. The van der Waals surface area contributed by atoms with Crippen LogP contribution in [-0.4, -0.2) is 41.9 Å². The third kappa shape index (κ3) is 4.97. The Morgan fingerprint density at radius 1 is 1.25 bits per heavy atom. The van der Waals surface area contributed by atoms with Gasteiger partial charge in [0.2, 0.25) is 5.91 Å². The second-order valence-electron chi connectivity index (χ2n) is 7.65. The van der Waals surface area contributed by atoms with Gasteiger partial charge in [-0.05, 0) is 50.5 Å².